The first-order valence-corrected chi connectivity index (χ1v) is 5.96. The van der Waals surface area contributed by atoms with Gasteiger partial charge in [0.2, 0.25) is 0 Å². The lowest BCUT2D eigenvalue weighted by Crippen LogP contribution is -2.33. The Morgan fingerprint density at radius 1 is 1.42 bits per heavy atom. The van der Waals surface area contributed by atoms with Gasteiger partial charge in [0.25, 0.3) is 5.91 Å². The van der Waals surface area contributed by atoms with Gasteiger partial charge in [0, 0.05) is 18.2 Å². The quantitative estimate of drug-likeness (QED) is 0.800. The second kappa shape index (κ2) is 6.05. The second-order valence-corrected chi connectivity index (χ2v) is 4.19. The van der Waals surface area contributed by atoms with E-state index in [1.165, 1.54) is 11.0 Å². The first-order valence-electron chi connectivity index (χ1n) is 5.96. The van der Waals surface area contributed by atoms with Crippen LogP contribution in [-0.2, 0) is 0 Å². The molecule has 1 aromatic heterocycles. The van der Waals surface area contributed by atoms with Crippen molar-refractivity contribution in [3.8, 4) is 5.69 Å². The highest BCUT2D eigenvalue weighted by Gasteiger charge is 2.09. The van der Waals surface area contributed by atoms with Crippen molar-refractivity contribution in [1.29, 1.82) is 0 Å². The summed E-state index contributed by atoms with van der Waals surface area (Å²) in [5.41, 5.74) is 1.34. The van der Waals surface area contributed by atoms with E-state index in [9.17, 15) is 4.79 Å². The van der Waals surface area contributed by atoms with E-state index in [2.05, 4.69) is 20.8 Å². The molecule has 1 atom stereocenters. The zero-order valence-electron chi connectivity index (χ0n) is 10.5. The molecule has 0 bridgehead atoms. The number of hydrogen-bond acceptors (Lipinski definition) is 5. The predicted molar refractivity (Wildman–Crippen MR) is 67.8 cm³/mol. The van der Waals surface area contributed by atoms with Crippen molar-refractivity contribution < 1.29 is 9.90 Å². The summed E-state index contributed by atoms with van der Waals surface area (Å²) in [5, 5.41) is 22.4. The zero-order chi connectivity index (χ0) is 13.7. The highest BCUT2D eigenvalue weighted by molar-refractivity contribution is 5.94. The maximum atomic E-state index is 11.9. The highest BCUT2D eigenvalue weighted by atomic mass is 16.3. The minimum Gasteiger partial charge on any atom is -0.396 e. The standard InChI is InChI=1S/C12H15N5O2/c1-9(6-7-18)14-12(19)10-2-4-11(5-3-10)17-8-13-15-16-17/h2-5,8-9,18H,6-7H2,1H3,(H,14,19). The van der Waals surface area contributed by atoms with E-state index in [1.807, 2.05) is 6.92 Å². The van der Waals surface area contributed by atoms with Crippen LogP contribution in [-0.4, -0.2) is 43.9 Å². The fourth-order valence-electron chi connectivity index (χ4n) is 1.62. The van der Waals surface area contributed by atoms with Gasteiger partial charge in [-0.3, -0.25) is 4.79 Å². The Kier molecular flexibility index (Phi) is 4.19. The highest BCUT2D eigenvalue weighted by Crippen LogP contribution is 2.08. The molecule has 0 radical (unpaired) electrons. The predicted octanol–water partition coefficient (Wildman–Crippen LogP) is 0.163. The largest absolute Gasteiger partial charge is 0.396 e. The van der Waals surface area contributed by atoms with Crippen LogP contribution in [0.25, 0.3) is 5.69 Å². The van der Waals surface area contributed by atoms with E-state index < -0.39 is 0 Å². The third-order valence-electron chi connectivity index (χ3n) is 2.68. The van der Waals surface area contributed by atoms with Crippen LogP contribution < -0.4 is 5.32 Å². The van der Waals surface area contributed by atoms with Crippen LogP contribution in [0.15, 0.2) is 30.6 Å². The molecular formula is C12H15N5O2. The number of benzene rings is 1. The number of tetrazole rings is 1. The first kappa shape index (κ1) is 13.2. The number of rotatable bonds is 5. The molecule has 2 rings (SSSR count). The summed E-state index contributed by atoms with van der Waals surface area (Å²) in [6.07, 6.45) is 2.02. The molecule has 0 saturated heterocycles. The van der Waals surface area contributed by atoms with Crippen LogP contribution in [0.3, 0.4) is 0 Å². The number of amides is 1. The lowest BCUT2D eigenvalue weighted by atomic mass is 10.1. The first-order chi connectivity index (χ1) is 9.20. The summed E-state index contributed by atoms with van der Waals surface area (Å²) in [5.74, 6) is -0.163. The lowest BCUT2D eigenvalue weighted by Gasteiger charge is -2.12. The van der Waals surface area contributed by atoms with Crippen molar-refractivity contribution in [1.82, 2.24) is 25.5 Å². The normalized spacial score (nSPS) is 12.1. The molecule has 0 saturated carbocycles. The molecule has 1 unspecified atom stereocenters. The summed E-state index contributed by atoms with van der Waals surface area (Å²) >= 11 is 0. The number of carbonyl (C=O) groups excluding carboxylic acids is 1. The van der Waals surface area contributed by atoms with Crippen LogP contribution >= 0.6 is 0 Å². The molecule has 7 nitrogen and oxygen atoms in total. The summed E-state index contributed by atoms with van der Waals surface area (Å²) in [6.45, 7) is 1.91. The Morgan fingerprint density at radius 3 is 2.74 bits per heavy atom. The molecule has 0 aliphatic rings. The van der Waals surface area contributed by atoms with Gasteiger partial charge in [-0.1, -0.05) is 0 Å². The molecule has 0 fully saturated rings. The molecular weight excluding hydrogens is 246 g/mol. The number of aromatic nitrogens is 4. The van der Waals surface area contributed by atoms with E-state index in [4.69, 9.17) is 5.11 Å². The zero-order valence-corrected chi connectivity index (χ0v) is 10.5. The number of hydrogen-bond donors (Lipinski definition) is 2. The Bertz CT molecular complexity index is 524. The third-order valence-corrected chi connectivity index (χ3v) is 2.68. The molecule has 0 spiro atoms. The van der Waals surface area contributed by atoms with Gasteiger partial charge in [-0.15, -0.1) is 5.10 Å². The Balaban J connectivity index is 2.04. The fraction of sp³-hybridized carbons (Fsp3) is 0.333. The van der Waals surface area contributed by atoms with E-state index in [0.717, 1.165) is 5.69 Å². The van der Waals surface area contributed by atoms with E-state index >= 15 is 0 Å². The lowest BCUT2D eigenvalue weighted by molar-refractivity contribution is 0.0934. The number of nitrogens with zero attached hydrogens (tertiary/aromatic N) is 4. The smallest absolute Gasteiger partial charge is 0.251 e. The SMILES string of the molecule is CC(CCO)NC(=O)c1ccc(-n2cnnn2)cc1. The molecule has 1 heterocycles. The monoisotopic (exact) mass is 261 g/mol. The molecule has 7 heteroatoms. The van der Waals surface area contributed by atoms with Crippen molar-refractivity contribution in [3.05, 3.63) is 36.2 Å². The fourth-order valence-corrected chi connectivity index (χ4v) is 1.62. The van der Waals surface area contributed by atoms with Crippen molar-refractivity contribution in [3.63, 3.8) is 0 Å². The summed E-state index contributed by atoms with van der Waals surface area (Å²) < 4.78 is 1.51. The molecule has 0 aliphatic carbocycles. The Hall–Kier alpha value is -2.28. The van der Waals surface area contributed by atoms with Crippen molar-refractivity contribution in [2.24, 2.45) is 0 Å². The molecule has 1 aromatic carbocycles. The second-order valence-electron chi connectivity index (χ2n) is 4.19. The number of aliphatic hydroxyl groups excluding tert-OH is 1. The van der Waals surface area contributed by atoms with Gasteiger partial charge in [0.05, 0.1) is 5.69 Å². The van der Waals surface area contributed by atoms with Gasteiger partial charge in [0.15, 0.2) is 0 Å². The van der Waals surface area contributed by atoms with Crippen LogP contribution in [0.4, 0.5) is 0 Å². The number of carbonyl (C=O) groups is 1. The number of aliphatic hydroxyl groups is 1. The minimum absolute atomic E-state index is 0.0552. The topological polar surface area (TPSA) is 92.9 Å². The van der Waals surface area contributed by atoms with E-state index in [-0.39, 0.29) is 18.6 Å². The summed E-state index contributed by atoms with van der Waals surface area (Å²) in [6, 6.07) is 6.89. The van der Waals surface area contributed by atoms with Crippen molar-refractivity contribution in [2.75, 3.05) is 6.61 Å². The maximum Gasteiger partial charge on any atom is 0.251 e. The van der Waals surface area contributed by atoms with Crippen LogP contribution in [0, 0.1) is 0 Å². The van der Waals surface area contributed by atoms with Crippen LogP contribution in [0.5, 0.6) is 0 Å². The van der Waals surface area contributed by atoms with Gasteiger partial charge < -0.3 is 10.4 Å². The molecule has 100 valence electrons. The Morgan fingerprint density at radius 2 is 2.16 bits per heavy atom. The summed E-state index contributed by atoms with van der Waals surface area (Å²) in [7, 11) is 0. The van der Waals surface area contributed by atoms with Crippen LogP contribution in [0.2, 0.25) is 0 Å². The maximum absolute atomic E-state index is 11.9. The number of nitrogens with one attached hydrogen (secondary N) is 1. The van der Waals surface area contributed by atoms with E-state index in [0.29, 0.717) is 12.0 Å². The van der Waals surface area contributed by atoms with E-state index in [1.54, 1.807) is 24.3 Å². The average Bonchev–Trinajstić information content (AvgIpc) is 2.93. The molecule has 19 heavy (non-hydrogen) atoms. The van der Waals surface area contributed by atoms with Gasteiger partial charge in [0.1, 0.15) is 6.33 Å². The van der Waals surface area contributed by atoms with Crippen molar-refractivity contribution in [2.45, 2.75) is 19.4 Å². The third kappa shape index (κ3) is 3.35. The molecule has 2 N–H and O–H groups in total. The molecule has 1 amide bonds. The molecule has 2 aromatic rings. The Labute approximate surface area is 110 Å². The minimum atomic E-state index is -0.163. The van der Waals surface area contributed by atoms with Crippen LogP contribution in [0.1, 0.15) is 23.7 Å². The van der Waals surface area contributed by atoms with Gasteiger partial charge in [-0.2, -0.15) is 0 Å². The van der Waals surface area contributed by atoms with Gasteiger partial charge in [-0.05, 0) is 48.0 Å². The average molecular weight is 261 g/mol. The summed E-state index contributed by atoms with van der Waals surface area (Å²) in [4.78, 5) is 11.9. The van der Waals surface area contributed by atoms with Gasteiger partial charge in [-0.25, -0.2) is 4.68 Å². The van der Waals surface area contributed by atoms with Crippen molar-refractivity contribution >= 4 is 5.91 Å². The molecule has 0 aliphatic heterocycles. The van der Waals surface area contributed by atoms with Gasteiger partial charge >= 0.3 is 0 Å².